The summed E-state index contributed by atoms with van der Waals surface area (Å²) in [6.07, 6.45) is -3.34. The van der Waals surface area contributed by atoms with Crippen LogP contribution >= 0.6 is 7.82 Å². The second-order valence-corrected chi connectivity index (χ2v) is 30.8. The molecule has 9 rings (SSSR count). The van der Waals surface area contributed by atoms with Gasteiger partial charge in [0, 0.05) is 126 Å². The molecule has 8 heterocycles. The molecule has 575 valence electrons. The molecule has 0 saturated carbocycles. The molecular weight excluding hydrogens is 1420 g/mol. The summed E-state index contributed by atoms with van der Waals surface area (Å²) in [5, 5.41) is 63.4. The molecule has 1 radical (unpaired) electrons. The Bertz CT molecular complexity index is 4150. The third kappa shape index (κ3) is 17.5. The van der Waals surface area contributed by atoms with E-state index in [4.69, 9.17) is 90.5 Å². The van der Waals surface area contributed by atoms with Crippen LogP contribution < -0.4 is 44.6 Å². The number of primary amides is 6. The zero-order valence-electron chi connectivity index (χ0n) is 61.2. The number of carbonyl (C=O) groups excluding carboxylic acids is 7. The summed E-state index contributed by atoms with van der Waals surface area (Å²) >= 11 is 0. The van der Waals surface area contributed by atoms with Gasteiger partial charge in [-0.1, -0.05) is 40.7 Å². The molecule has 2 saturated heterocycles. The molecule has 18 N–H and O–H groups in total. The van der Waals surface area contributed by atoms with E-state index in [1.165, 1.54) is 24.0 Å². The topological polar surface area (TPSA) is 562 Å². The minimum atomic E-state index is -5.32. The second kappa shape index (κ2) is 33.8. The number of nitrogens with zero attached hydrogens (tertiary/aromatic N) is 8. The number of pyridine rings is 1. The van der Waals surface area contributed by atoms with Crippen molar-refractivity contribution in [2.45, 2.75) is 209 Å². The van der Waals surface area contributed by atoms with Gasteiger partial charge in [0.05, 0.1) is 60.2 Å². The standard InChI is InChI=1S/C62H90N13O14P.C8H11NO3.CN.Co/c1-29-20-39-40(21-30(29)2)75(28-70-39)57-52(84)53(41(27-76)87-57)89-90(85,86)88-31(3)26-69-49(83)18-19-59(8)37(22-46(66)80)56-62(11)61(10,25-48(68)82)36(14-17-45(65)79)51(74-62)33(5)55-60(9,24-47(67)81)34(12-15-43(63)77)38(71-55)23-42-58(6,7)35(13-16-44(64)78)50(72-42)32(4)54(59)73-56;1-5-8(12)7(4-11)6(3-10)2-9-5;1-2;/h20-21,23,28,31,34-37,41,52-53,56-57,76,84H,12-19,22,24-27H2,1-11H3,(H15,63,64,65,66,67,68,69,71,72,73,74,77,78,79,80,81,82,83,85,86);2,10-12H,3-4H2,1H3;;/q;;-1;+2/p-2/t31-,34+,35+,36+,37-,41+,52+,53+,56+,57-,59+,60-,61-,62-;;;/m0.../s1. The Morgan fingerprint density at radius 1 is 0.781 bits per heavy atom. The van der Waals surface area contributed by atoms with E-state index in [0.717, 1.165) is 11.1 Å². The fraction of sp³-hybridized carbons (Fsp3) is 0.592. The van der Waals surface area contributed by atoms with Crippen molar-refractivity contribution in [2.24, 2.45) is 94.7 Å². The van der Waals surface area contributed by atoms with Crippen LogP contribution in [0.4, 0.5) is 0 Å². The number of allylic oxidation sites excluding steroid dienone is 6. The van der Waals surface area contributed by atoms with Gasteiger partial charge in [0.1, 0.15) is 24.1 Å². The van der Waals surface area contributed by atoms with Crippen LogP contribution in [0.15, 0.2) is 73.9 Å². The molecule has 0 aliphatic carbocycles. The second-order valence-electron chi connectivity index (χ2n) is 29.5. The van der Waals surface area contributed by atoms with E-state index in [1.807, 2.05) is 80.5 Å². The molecule has 6 aliphatic heterocycles. The third-order valence-electron chi connectivity index (χ3n) is 22.2. The summed E-state index contributed by atoms with van der Waals surface area (Å²) < 4.78 is 31.9. The number of hydrogen-bond donors (Lipinski definition) is 12. The molecule has 2 aromatic heterocycles. The molecule has 1 aromatic carbocycles. The number of nitrogens with two attached hydrogens (primary N) is 6. The van der Waals surface area contributed by atoms with Gasteiger partial charge in [0.15, 0.2) is 6.23 Å². The Morgan fingerprint density at radius 3 is 1.93 bits per heavy atom. The maximum atomic E-state index is 14.4. The number of aromatic hydroxyl groups is 1. The largest absolute Gasteiger partial charge is 2.00 e. The number of aryl methyl sites for hydroxylation is 3. The van der Waals surface area contributed by atoms with Crippen molar-refractivity contribution in [3.05, 3.63) is 98.8 Å². The molecular formula is C71H99CoN15O17P-. The van der Waals surface area contributed by atoms with E-state index in [1.54, 1.807) is 13.8 Å². The van der Waals surface area contributed by atoms with Crippen molar-refractivity contribution < 1.29 is 99.1 Å². The molecule has 105 heavy (non-hydrogen) atoms. The fourth-order valence-electron chi connectivity index (χ4n) is 16.3. The van der Waals surface area contributed by atoms with Crippen LogP contribution in [0.25, 0.3) is 16.4 Å². The molecule has 8 bridgehead atoms. The smallest absolute Gasteiger partial charge is 0.756 e. The van der Waals surface area contributed by atoms with Gasteiger partial charge in [-0.3, -0.25) is 58.1 Å². The van der Waals surface area contributed by atoms with Gasteiger partial charge in [-0.15, -0.1) is 0 Å². The Kier molecular flexibility index (Phi) is 27.6. The molecule has 7 amide bonds. The zero-order chi connectivity index (χ0) is 77.8. The molecule has 32 nitrogen and oxygen atoms in total. The van der Waals surface area contributed by atoms with E-state index < -0.39 is 143 Å². The summed E-state index contributed by atoms with van der Waals surface area (Å²) in [4.78, 5) is 132. The van der Waals surface area contributed by atoms with Crippen molar-refractivity contribution in [1.82, 2.24) is 19.9 Å². The number of aliphatic hydroxyl groups is 4. The number of amides is 7. The maximum absolute atomic E-state index is 14.4. The predicted molar refractivity (Wildman–Crippen MR) is 379 cm³/mol. The quantitative estimate of drug-likeness (QED) is 0.0366. The SMILES string of the molecule is C/C1=C2/[N-][C@H]([C@H](CC(N)=O)[C@@]2(C)CCC(=O)NC[C@H](C)OP(=O)([O-])O[C@H]2[C@@H](O)[C@@H](n3cnc4cc(C)c(C)cc43)O[C@@H]2CO)[C@]2(C)N=C(/C(C)=C3N=C(/C=C4N=C1[C@@H](CCC(N)=O)C\4(C)C)[C@@H](CCC(N)=O)[C@]\3(C)CC(N)=O)[C@@H](CCC(N)=O)[C@]2(C)CC(N)=O.Cc1ncc(CO)c(CO)c1O.[C-]#N.[Co+2]. The van der Waals surface area contributed by atoms with Crippen LogP contribution in [0.3, 0.4) is 0 Å². The average Bonchev–Trinajstić information content (AvgIpc) is 1.53. The van der Waals surface area contributed by atoms with Gasteiger partial charge in [-0.05, 0) is 126 Å². The fourth-order valence-corrected chi connectivity index (χ4v) is 17.4. The van der Waals surface area contributed by atoms with Gasteiger partial charge in [0.2, 0.25) is 41.4 Å². The summed E-state index contributed by atoms with van der Waals surface area (Å²) in [5.74, 6) is -7.44. The first-order valence-corrected chi connectivity index (χ1v) is 35.8. The predicted octanol–water partition coefficient (Wildman–Crippen LogP) is 3.49. The van der Waals surface area contributed by atoms with Crippen molar-refractivity contribution >= 4 is 77.3 Å². The van der Waals surface area contributed by atoms with E-state index in [-0.39, 0.29) is 113 Å². The number of aliphatic hydroxyl groups excluding tert-OH is 4. The van der Waals surface area contributed by atoms with Gasteiger partial charge in [-0.25, -0.2) is 4.98 Å². The average molecular weight is 1520 g/mol. The first kappa shape index (κ1) is 85.8. The number of imidazole rings is 1. The van der Waals surface area contributed by atoms with Gasteiger partial charge in [0.25, 0.3) is 7.82 Å². The van der Waals surface area contributed by atoms with Gasteiger partial charge < -0.3 is 106 Å². The third-order valence-corrected chi connectivity index (χ3v) is 23.4. The monoisotopic (exact) mass is 1520 g/mol. The van der Waals surface area contributed by atoms with Crippen LogP contribution in [0.5, 0.6) is 5.75 Å². The number of phosphoric acid groups is 1. The number of aliphatic imine (C=N–C) groups is 3. The van der Waals surface area contributed by atoms with E-state index in [2.05, 4.69) is 15.3 Å². The zero-order valence-corrected chi connectivity index (χ0v) is 63.2. The number of hydrogen-bond acceptors (Lipinski definition) is 23. The van der Waals surface area contributed by atoms with E-state index in [9.17, 15) is 58.3 Å². The van der Waals surface area contributed by atoms with Crippen molar-refractivity contribution in [2.75, 3.05) is 13.2 Å². The summed E-state index contributed by atoms with van der Waals surface area (Å²) in [5.41, 5.74) is 37.9. The van der Waals surface area contributed by atoms with Crippen molar-refractivity contribution in [1.29, 1.82) is 5.26 Å². The number of benzene rings is 1. The Balaban J connectivity index is 0.00000104. The van der Waals surface area contributed by atoms with Crippen LogP contribution in [-0.4, -0.2) is 148 Å². The number of carbonyl (C=O) groups is 7. The Labute approximate surface area is 620 Å². The molecule has 1 unspecified atom stereocenters. The van der Waals surface area contributed by atoms with Gasteiger partial charge >= 0.3 is 16.8 Å². The number of fused-ring (bicyclic) bond motifs is 7. The number of rotatable bonds is 28. The Morgan fingerprint density at radius 2 is 1.37 bits per heavy atom. The molecule has 6 aliphatic rings. The summed E-state index contributed by atoms with van der Waals surface area (Å²) in [6.45, 7) is 24.8. The maximum Gasteiger partial charge on any atom is 2.00 e. The normalized spacial score (nSPS) is 30.5. The molecule has 2 fully saturated rings. The van der Waals surface area contributed by atoms with E-state index >= 15 is 0 Å². The minimum Gasteiger partial charge on any atom is -0.756 e. The molecule has 0 spiro atoms. The first-order valence-electron chi connectivity index (χ1n) is 34.3. The molecule has 15 atom stereocenters. The summed E-state index contributed by atoms with van der Waals surface area (Å²) in [7, 11) is -5.32. The van der Waals surface area contributed by atoms with Crippen LogP contribution in [-0.2, 0) is 81.9 Å². The van der Waals surface area contributed by atoms with Crippen LogP contribution in [0.2, 0.25) is 0 Å². The van der Waals surface area contributed by atoms with Gasteiger partial charge in [-0.2, -0.15) is 5.70 Å². The minimum absolute atomic E-state index is 0. The van der Waals surface area contributed by atoms with E-state index in [0.29, 0.717) is 73.2 Å². The summed E-state index contributed by atoms with van der Waals surface area (Å²) in [6, 6.07) is 2.65. The molecule has 34 heteroatoms. The molecule has 3 aromatic rings. The number of ether oxygens (including phenoxy) is 1. The Hall–Kier alpha value is -8.13. The van der Waals surface area contributed by atoms with Crippen LogP contribution in [0, 0.1) is 77.9 Å². The number of nitrogens with one attached hydrogen (secondary N) is 1. The number of phosphoric ester groups is 1. The van der Waals surface area contributed by atoms with Crippen molar-refractivity contribution in [3.63, 3.8) is 0 Å². The number of aromatic nitrogens is 3. The first-order chi connectivity index (χ1) is 48.5. The van der Waals surface area contributed by atoms with Crippen molar-refractivity contribution in [3.8, 4) is 5.75 Å². The van der Waals surface area contributed by atoms with Crippen LogP contribution in [0.1, 0.15) is 167 Å².